The maximum Gasteiger partial charge on any atom is 0.332 e. The van der Waals surface area contributed by atoms with Crippen LogP contribution >= 0.6 is 0 Å². The van der Waals surface area contributed by atoms with Gasteiger partial charge in [0, 0.05) is 0 Å². The Morgan fingerprint density at radius 2 is 1.95 bits per heavy atom. The molecular formula is C13H22O6. The van der Waals surface area contributed by atoms with Gasteiger partial charge in [-0.15, -0.1) is 0 Å². The number of esters is 1. The fourth-order valence-corrected chi connectivity index (χ4v) is 1.98. The van der Waals surface area contributed by atoms with Gasteiger partial charge >= 0.3 is 5.97 Å². The van der Waals surface area contributed by atoms with E-state index in [1.54, 1.807) is 6.92 Å². The minimum absolute atomic E-state index is 0.129. The van der Waals surface area contributed by atoms with Gasteiger partial charge < -0.3 is 23.7 Å². The Morgan fingerprint density at radius 1 is 1.26 bits per heavy atom. The van der Waals surface area contributed by atoms with E-state index in [0.29, 0.717) is 25.7 Å². The zero-order chi connectivity index (χ0) is 14.3. The summed E-state index contributed by atoms with van der Waals surface area (Å²) in [5, 5.41) is 0. The van der Waals surface area contributed by atoms with E-state index in [2.05, 4.69) is 0 Å². The van der Waals surface area contributed by atoms with Crippen molar-refractivity contribution in [2.45, 2.75) is 51.6 Å². The number of ether oxygens (including phenoxy) is 4. The fourth-order valence-electron chi connectivity index (χ4n) is 1.98. The van der Waals surface area contributed by atoms with Crippen molar-refractivity contribution in [1.29, 1.82) is 0 Å². The van der Waals surface area contributed by atoms with Gasteiger partial charge in [-0.1, -0.05) is 13.8 Å². The highest BCUT2D eigenvalue weighted by atomic mass is 16.8. The summed E-state index contributed by atoms with van der Waals surface area (Å²) in [7, 11) is 0. The summed E-state index contributed by atoms with van der Waals surface area (Å²) in [6, 6.07) is 0. The van der Waals surface area contributed by atoms with Gasteiger partial charge in [-0.3, -0.25) is 0 Å². The zero-order valence-electron chi connectivity index (χ0n) is 11.7. The number of hydrogen-bond acceptors (Lipinski definition) is 6. The van der Waals surface area contributed by atoms with Crippen LogP contribution in [0.1, 0.15) is 33.6 Å². The van der Waals surface area contributed by atoms with Crippen LogP contribution in [0.15, 0.2) is 0 Å². The van der Waals surface area contributed by atoms with Gasteiger partial charge in [0.25, 0.3) is 0 Å². The normalized spacial score (nSPS) is 25.2. The van der Waals surface area contributed by atoms with Crippen LogP contribution in [0, 0.1) is 0 Å². The summed E-state index contributed by atoms with van der Waals surface area (Å²) in [6.45, 7) is 5.90. The van der Waals surface area contributed by atoms with Crippen molar-refractivity contribution in [2.75, 3.05) is 19.8 Å². The van der Waals surface area contributed by atoms with Gasteiger partial charge in [0.15, 0.2) is 12.1 Å². The topological polar surface area (TPSA) is 71.1 Å². The quantitative estimate of drug-likeness (QED) is 0.487. The van der Waals surface area contributed by atoms with Crippen LogP contribution in [0.25, 0.3) is 0 Å². The molecule has 0 unspecified atom stereocenters. The molecular weight excluding hydrogens is 252 g/mol. The molecule has 1 rings (SSSR count). The van der Waals surface area contributed by atoms with Crippen LogP contribution < -0.4 is 0 Å². The highest BCUT2D eigenvalue weighted by Gasteiger charge is 2.45. The van der Waals surface area contributed by atoms with E-state index >= 15 is 0 Å². The largest absolute Gasteiger partial charge is 0.464 e. The van der Waals surface area contributed by atoms with Crippen LogP contribution in [0.5, 0.6) is 0 Å². The molecule has 110 valence electrons. The second-order valence-corrected chi connectivity index (χ2v) is 4.31. The van der Waals surface area contributed by atoms with Crippen LogP contribution in [0.3, 0.4) is 0 Å². The smallest absolute Gasteiger partial charge is 0.332 e. The first-order valence-electron chi connectivity index (χ1n) is 6.65. The monoisotopic (exact) mass is 274 g/mol. The zero-order valence-corrected chi connectivity index (χ0v) is 11.7. The predicted molar refractivity (Wildman–Crippen MR) is 66.6 cm³/mol. The molecule has 6 nitrogen and oxygen atoms in total. The first kappa shape index (κ1) is 16.1. The molecule has 2 atom stereocenters. The Labute approximate surface area is 113 Å². The lowest BCUT2D eigenvalue weighted by molar-refractivity contribution is -0.183. The molecule has 6 heteroatoms. The first-order valence-corrected chi connectivity index (χ1v) is 6.65. The van der Waals surface area contributed by atoms with Crippen molar-refractivity contribution in [3.8, 4) is 0 Å². The summed E-state index contributed by atoms with van der Waals surface area (Å²) in [6.07, 6.45) is 0.893. The van der Waals surface area contributed by atoms with Crippen molar-refractivity contribution in [3.63, 3.8) is 0 Å². The second kappa shape index (κ2) is 7.57. The van der Waals surface area contributed by atoms with Gasteiger partial charge in [-0.2, -0.15) is 0 Å². The predicted octanol–water partition coefficient (Wildman–Crippen LogP) is 1.07. The SMILES string of the molecule is CCOC(=O)COC[C@@H]1OC(CC)(CC)O[C@@H]1C=O. The van der Waals surface area contributed by atoms with Crippen LogP contribution in [0.4, 0.5) is 0 Å². The van der Waals surface area contributed by atoms with E-state index in [0.717, 1.165) is 0 Å². The van der Waals surface area contributed by atoms with Crippen molar-refractivity contribution in [2.24, 2.45) is 0 Å². The molecule has 1 aliphatic rings. The second-order valence-electron chi connectivity index (χ2n) is 4.31. The molecule has 0 saturated carbocycles. The number of carbonyl (C=O) groups is 2. The van der Waals surface area contributed by atoms with E-state index in [9.17, 15) is 9.59 Å². The van der Waals surface area contributed by atoms with Gasteiger partial charge in [0.05, 0.1) is 13.2 Å². The Kier molecular flexibility index (Phi) is 6.41. The lowest BCUT2D eigenvalue weighted by Gasteiger charge is -2.24. The van der Waals surface area contributed by atoms with E-state index in [4.69, 9.17) is 18.9 Å². The minimum Gasteiger partial charge on any atom is -0.464 e. The van der Waals surface area contributed by atoms with Gasteiger partial charge in [-0.05, 0) is 19.8 Å². The van der Waals surface area contributed by atoms with E-state index in [1.807, 2.05) is 13.8 Å². The van der Waals surface area contributed by atoms with Crippen molar-refractivity contribution < 1.29 is 28.5 Å². The molecule has 0 aliphatic carbocycles. The molecule has 0 N–H and O–H groups in total. The average molecular weight is 274 g/mol. The number of rotatable bonds is 8. The minimum atomic E-state index is -0.719. The maximum atomic E-state index is 11.1. The number of carbonyl (C=O) groups excluding carboxylic acids is 2. The Hall–Kier alpha value is -0.980. The molecule has 0 aromatic carbocycles. The van der Waals surface area contributed by atoms with Crippen molar-refractivity contribution in [1.82, 2.24) is 0 Å². The number of aldehydes is 1. The Morgan fingerprint density at radius 3 is 2.47 bits per heavy atom. The summed E-state index contributed by atoms with van der Waals surface area (Å²) in [4.78, 5) is 22.1. The Balaban J connectivity index is 2.44. The van der Waals surface area contributed by atoms with Crippen LogP contribution in [-0.2, 0) is 28.5 Å². The standard InChI is InChI=1S/C13H22O6/c1-4-13(5-2)18-10(7-14)11(19-13)8-16-9-12(15)17-6-3/h7,10-11H,4-6,8-9H2,1-3H3/t10-,11+/m1/s1. The highest BCUT2D eigenvalue weighted by molar-refractivity contribution is 5.70. The third-order valence-corrected chi connectivity index (χ3v) is 3.10. The molecule has 0 amide bonds. The molecule has 1 fully saturated rings. The molecule has 0 aromatic heterocycles. The molecule has 0 bridgehead atoms. The van der Waals surface area contributed by atoms with Crippen molar-refractivity contribution in [3.05, 3.63) is 0 Å². The lowest BCUT2D eigenvalue weighted by Crippen LogP contribution is -2.30. The van der Waals surface area contributed by atoms with E-state index in [1.165, 1.54) is 0 Å². The third kappa shape index (κ3) is 4.26. The lowest BCUT2D eigenvalue weighted by atomic mass is 10.1. The molecule has 0 aromatic rings. The molecule has 1 heterocycles. The summed E-state index contributed by atoms with van der Waals surface area (Å²) >= 11 is 0. The molecule has 1 aliphatic heterocycles. The van der Waals surface area contributed by atoms with Gasteiger partial charge in [0.1, 0.15) is 18.8 Å². The molecule has 19 heavy (non-hydrogen) atoms. The van der Waals surface area contributed by atoms with Gasteiger partial charge in [0.2, 0.25) is 0 Å². The van der Waals surface area contributed by atoms with Crippen molar-refractivity contribution >= 4 is 12.3 Å². The summed E-state index contributed by atoms with van der Waals surface area (Å²) in [5.74, 6) is -1.15. The van der Waals surface area contributed by atoms with Gasteiger partial charge in [-0.25, -0.2) is 4.79 Å². The average Bonchev–Trinajstić information content (AvgIpc) is 2.78. The van der Waals surface area contributed by atoms with E-state index in [-0.39, 0.29) is 13.2 Å². The first-order chi connectivity index (χ1) is 9.10. The highest BCUT2D eigenvalue weighted by Crippen LogP contribution is 2.33. The Bertz CT molecular complexity index is 300. The van der Waals surface area contributed by atoms with E-state index < -0.39 is 24.0 Å². The molecule has 1 saturated heterocycles. The molecule has 0 spiro atoms. The summed E-state index contributed by atoms with van der Waals surface area (Å²) in [5.41, 5.74) is 0. The van der Waals surface area contributed by atoms with Crippen LogP contribution in [0.2, 0.25) is 0 Å². The number of hydrogen-bond donors (Lipinski definition) is 0. The van der Waals surface area contributed by atoms with Crippen LogP contribution in [-0.4, -0.2) is 50.1 Å². The fraction of sp³-hybridized carbons (Fsp3) is 0.846. The summed E-state index contributed by atoms with van der Waals surface area (Å²) < 4.78 is 21.3. The maximum absolute atomic E-state index is 11.1. The molecule has 0 radical (unpaired) electrons. The third-order valence-electron chi connectivity index (χ3n) is 3.10.